The summed E-state index contributed by atoms with van der Waals surface area (Å²) in [6.45, 7) is 0. The number of phenols is 1. The fourth-order valence-electron chi connectivity index (χ4n) is 2.57. The number of carbonyl (C=O) groups excluding carboxylic acids is 1. The highest BCUT2D eigenvalue weighted by atomic mass is 19.4. The maximum atomic E-state index is 13.2. The number of amides is 1. The van der Waals surface area contributed by atoms with E-state index in [4.69, 9.17) is 9.83 Å². The van der Waals surface area contributed by atoms with Gasteiger partial charge in [0.25, 0.3) is 5.91 Å². The number of alkyl halides is 6. The van der Waals surface area contributed by atoms with Crippen LogP contribution in [0.2, 0.25) is 0 Å². The highest BCUT2D eigenvalue weighted by Gasteiger charge is 2.38. The summed E-state index contributed by atoms with van der Waals surface area (Å²) in [5.74, 6) is -1.51. The summed E-state index contributed by atoms with van der Waals surface area (Å²) in [5.41, 5.74) is -5.47. The lowest BCUT2D eigenvalue weighted by atomic mass is 10.1. The normalized spacial score (nSPS) is 12.2. The number of rotatable bonds is 2. The maximum absolute atomic E-state index is 13.2. The average Bonchev–Trinajstić information content (AvgIpc) is 2.60. The minimum absolute atomic E-state index is 0.111. The molecule has 2 aromatic carbocycles. The zero-order valence-electron chi connectivity index (χ0n) is 14.1. The molecule has 11 heteroatoms. The summed E-state index contributed by atoms with van der Waals surface area (Å²) < 4.78 is 82.8. The molecule has 0 spiro atoms. The molecular weight excluding hydrogens is 406 g/mol. The van der Waals surface area contributed by atoms with Gasteiger partial charge in [-0.15, -0.1) is 0 Å². The lowest BCUT2D eigenvalue weighted by molar-refractivity contribution is -0.142. The van der Waals surface area contributed by atoms with Crippen molar-refractivity contribution >= 4 is 22.6 Å². The Morgan fingerprint density at radius 2 is 1.69 bits per heavy atom. The van der Waals surface area contributed by atoms with Crippen LogP contribution < -0.4 is 10.9 Å². The van der Waals surface area contributed by atoms with Crippen LogP contribution >= 0.6 is 0 Å². The molecule has 3 rings (SSSR count). The predicted molar refractivity (Wildman–Crippen MR) is 88.1 cm³/mol. The summed E-state index contributed by atoms with van der Waals surface area (Å²) in [4.78, 5) is 12.4. The monoisotopic (exact) mass is 416 g/mol. The highest BCUT2D eigenvalue weighted by Crippen LogP contribution is 2.39. The van der Waals surface area contributed by atoms with Gasteiger partial charge >= 0.3 is 12.4 Å². The number of hydrogen-bond acceptors (Lipinski definition) is 4. The standard InChI is InChI=1S/C18H10F6N2O3/c19-17(20,21)9-4-5-12(11(7-9)18(22,23)24)26-16(28)10-6-8-2-1-3-13(27)14(8)29-15(10)25/h1-7,25,27H,(H,26,28). The van der Waals surface area contributed by atoms with Crippen LogP contribution in [-0.2, 0) is 12.4 Å². The number of nitrogens with one attached hydrogen (secondary N) is 2. The molecule has 0 aliphatic rings. The number of carbonyl (C=O) groups is 1. The Hall–Kier alpha value is -3.50. The van der Waals surface area contributed by atoms with Crippen molar-refractivity contribution in [2.75, 3.05) is 5.32 Å². The zero-order chi connectivity index (χ0) is 21.6. The van der Waals surface area contributed by atoms with Crippen LogP contribution in [0.25, 0.3) is 11.0 Å². The van der Waals surface area contributed by atoms with E-state index in [0.29, 0.717) is 12.1 Å². The predicted octanol–water partition coefficient (Wildman–Crippen LogP) is 4.91. The second kappa shape index (κ2) is 6.83. The molecular formula is C18H10F6N2O3. The number of benzene rings is 2. The van der Waals surface area contributed by atoms with Crippen molar-refractivity contribution in [2.45, 2.75) is 12.4 Å². The van der Waals surface area contributed by atoms with Gasteiger partial charge in [-0.2, -0.15) is 26.3 Å². The zero-order valence-corrected chi connectivity index (χ0v) is 14.1. The number of para-hydroxylation sites is 1. The molecule has 0 aliphatic heterocycles. The minimum Gasteiger partial charge on any atom is -0.504 e. The molecule has 0 aliphatic carbocycles. The van der Waals surface area contributed by atoms with Crippen molar-refractivity contribution < 1.29 is 40.7 Å². The summed E-state index contributed by atoms with van der Waals surface area (Å²) in [5, 5.41) is 19.5. The molecule has 3 N–H and O–H groups in total. The topological polar surface area (TPSA) is 86.3 Å². The Labute approximate surface area is 157 Å². The van der Waals surface area contributed by atoms with Crippen LogP contribution in [0, 0.1) is 5.41 Å². The number of anilines is 1. The number of hydrogen-bond donors (Lipinski definition) is 3. The van der Waals surface area contributed by atoms with E-state index in [2.05, 4.69) is 0 Å². The van der Waals surface area contributed by atoms with E-state index in [1.807, 2.05) is 5.32 Å². The van der Waals surface area contributed by atoms with Gasteiger partial charge < -0.3 is 14.8 Å². The van der Waals surface area contributed by atoms with Crippen LogP contribution in [0.15, 0.2) is 46.9 Å². The molecule has 1 amide bonds. The highest BCUT2D eigenvalue weighted by molar-refractivity contribution is 6.06. The molecule has 5 nitrogen and oxygen atoms in total. The van der Waals surface area contributed by atoms with Crippen LogP contribution in [0.5, 0.6) is 5.75 Å². The molecule has 0 atom stereocenters. The first-order valence-electron chi connectivity index (χ1n) is 7.78. The van der Waals surface area contributed by atoms with Gasteiger partial charge in [0.2, 0.25) is 5.55 Å². The van der Waals surface area contributed by atoms with Gasteiger partial charge in [0.05, 0.1) is 16.8 Å². The van der Waals surface area contributed by atoms with E-state index < -0.39 is 46.2 Å². The molecule has 3 aromatic rings. The van der Waals surface area contributed by atoms with Crippen molar-refractivity contribution in [2.24, 2.45) is 0 Å². The maximum Gasteiger partial charge on any atom is 0.418 e. The third kappa shape index (κ3) is 4.03. The summed E-state index contributed by atoms with van der Waals surface area (Å²) in [6, 6.07) is 5.98. The summed E-state index contributed by atoms with van der Waals surface area (Å²) in [7, 11) is 0. The van der Waals surface area contributed by atoms with E-state index in [1.54, 1.807) is 0 Å². The molecule has 1 aromatic heterocycles. The largest absolute Gasteiger partial charge is 0.504 e. The number of fused-ring (bicyclic) bond motifs is 1. The number of phenolic OH excluding ortho intramolecular Hbond substituents is 1. The molecule has 0 unspecified atom stereocenters. The van der Waals surface area contributed by atoms with Gasteiger partial charge in [-0.25, -0.2) is 0 Å². The molecule has 0 saturated heterocycles. The fourth-order valence-corrected chi connectivity index (χ4v) is 2.57. The van der Waals surface area contributed by atoms with Gasteiger partial charge in [0.15, 0.2) is 11.3 Å². The van der Waals surface area contributed by atoms with Crippen molar-refractivity contribution in [1.29, 1.82) is 5.41 Å². The molecule has 29 heavy (non-hydrogen) atoms. The van der Waals surface area contributed by atoms with Crippen LogP contribution in [0.3, 0.4) is 0 Å². The lowest BCUT2D eigenvalue weighted by Gasteiger charge is -2.16. The quantitative estimate of drug-likeness (QED) is 0.519. The van der Waals surface area contributed by atoms with Gasteiger partial charge in [-0.05, 0) is 30.3 Å². The Bertz CT molecular complexity index is 1160. The Morgan fingerprint density at radius 3 is 2.31 bits per heavy atom. The Balaban J connectivity index is 2.04. The lowest BCUT2D eigenvalue weighted by Crippen LogP contribution is -2.23. The van der Waals surface area contributed by atoms with Gasteiger partial charge in [0, 0.05) is 5.39 Å². The Morgan fingerprint density at radius 1 is 1.00 bits per heavy atom. The van der Waals surface area contributed by atoms with Crippen molar-refractivity contribution in [3.05, 3.63) is 64.7 Å². The fraction of sp³-hybridized carbons (Fsp3) is 0.111. The van der Waals surface area contributed by atoms with E-state index >= 15 is 0 Å². The second-order valence-corrected chi connectivity index (χ2v) is 5.89. The van der Waals surface area contributed by atoms with E-state index in [1.165, 1.54) is 18.2 Å². The molecule has 1 heterocycles. The first-order chi connectivity index (χ1) is 13.4. The summed E-state index contributed by atoms with van der Waals surface area (Å²) >= 11 is 0. The molecule has 0 saturated carbocycles. The summed E-state index contributed by atoms with van der Waals surface area (Å²) in [6.07, 6.45) is -10.2. The van der Waals surface area contributed by atoms with E-state index in [0.717, 1.165) is 6.07 Å². The van der Waals surface area contributed by atoms with E-state index in [-0.39, 0.29) is 22.8 Å². The van der Waals surface area contributed by atoms with Crippen molar-refractivity contribution in [3.63, 3.8) is 0 Å². The van der Waals surface area contributed by atoms with Crippen LogP contribution in [-0.4, -0.2) is 11.0 Å². The first-order valence-corrected chi connectivity index (χ1v) is 7.78. The minimum atomic E-state index is -5.17. The average molecular weight is 416 g/mol. The second-order valence-electron chi connectivity index (χ2n) is 5.89. The molecule has 152 valence electrons. The van der Waals surface area contributed by atoms with Gasteiger partial charge in [-0.1, -0.05) is 12.1 Å². The van der Waals surface area contributed by atoms with Crippen LogP contribution in [0.4, 0.5) is 32.0 Å². The van der Waals surface area contributed by atoms with Gasteiger partial charge in [0.1, 0.15) is 5.56 Å². The molecule has 0 bridgehead atoms. The third-order valence-corrected chi connectivity index (χ3v) is 3.92. The smallest absolute Gasteiger partial charge is 0.418 e. The molecule has 0 radical (unpaired) electrons. The number of aromatic hydroxyl groups is 1. The third-order valence-electron chi connectivity index (χ3n) is 3.92. The molecule has 0 fully saturated rings. The van der Waals surface area contributed by atoms with Crippen LogP contribution in [0.1, 0.15) is 21.5 Å². The SMILES string of the molecule is N=c1oc2c(O)cccc2cc1C(=O)Nc1ccc(C(F)(F)F)cc1C(F)(F)F. The van der Waals surface area contributed by atoms with Crippen molar-refractivity contribution in [3.8, 4) is 5.75 Å². The Kier molecular flexibility index (Phi) is 4.77. The van der Waals surface area contributed by atoms with Gasteiger partial charge in [-0.3, -0.25) is 10.2 Å². The van der Waals surface area contributed by atoms with E-state index in [9.17, 15) is 36.2 Å². The van der Waals surface area contributed by atoms with Crippen molar-refractivity contribution in [1.82, 2.24) is 0 Å². The first kappa shape index (κ1) is 20.2. The number of halogens is 6.